The number of non-ortho nitro benzene ring substituents is 1. The first-order chi connectivity index (χ1) is 21.6. The average molecular weight is 648 g/mol. The molecule has 0 spiro atoms. The Labute approximate surface area is 266 Å². The number of nitro benzene ring substituents is 1. The van der Waals surface area contributed by atoms with E-state index in [2.05, 4.69) is 5.32 Å². The summed E-state index contributed by atoms with van der Waals surface area (Å²) in [4.78, 5) is 49.4. The number of benzene rings is 4. The van der Waals surface area contributed by atoms with E-state index in [1.807, 2.05) is 36.4 Å². The van der Waals surface area contributed by atoms with E-state index in [1.54, 1.807) is 12.1 Å². The number of hydrogen-bond acceptors (Lipinski definition) is 8. The summed E-state index contributed by atoms with van der Waals surface area (Å²) in [6.45, 7) is 0.452. The van der Waals surface area contributed by atoms with Crippen LogP contribution in [0.4, 0.5) is 16.2 Å². The normalized spacial score (nSPS) is 13.9. The number of imide groups is 2. The van der Waals surface area contributed by atoms with Crippen LogP contribution in [0.3, 0.4) is 0 Å². The van der Waals surface area contributed by atoms with E-state index >= 15 is 0 Å². The maximum Gasteiger partial charge on any atom is 0.335 e. The van der Waals surface area contributed by atoms with Gasteiger partial charge in [-0.05, 0) is 53.1 Å². The van der Waals surface area contributed by atoms with Crippen molar-refractivity contribution in [1.82, 2.24) is 5.32 Å². The first kappa shape index (κ1) is 31.0. The Balaban J connectivity index is 1.32. The van der Waals surface area contributed by atoms with Gasteiger partial charge in [-0.1, -0.05) is 65.7 Å². The molecule has 0 atom stereocenters. The topological polar surface area (TPSA) is 137 Å². The van der Waals surface area contributed by atoms with Crippen LogP contribution >= 0.6 is 23.2 Å². The Morgan fingerprint density at radius 3 is 2.24 bits per heavy atom. The van der Waals surface area contributed by atoms with Gasteiger partial charge in [-0.25, -0.2) is 9.69 Å². The number of urea groups is 1. The van der Waals surface area contributed by atoms with Crippen LogP contribution in [0.2, 0.25) is 10.0 Å². The van der Waals surface area contributed by atoms with Crippen LogP contribution in [0, 0.1) is 10.1 Å². The van der Waals surface area contributed by atoms with Crippen LogP contribution in [-0.2, 0) is 22.8 Å². The summed E-state index contributed by atoms with van der Waals surface area (Å²) in [7, 11) is 1.53. The van der Waals surface area contributed by atoms with Crippen molar-refractivity contribution in [3.05, 3.63) is 127 Å². The highest BCUT2D eigenvalue weighted by Gasteiger charge is 2.37. The van der Waals surface area contributed by atoms with Gasteiger partial charge in [0.15, 0.2) is 17.2 Å². The Hall–Kier alpha value is -5.39. The fourth-order valence-corrected chi connectivity index (χ4v) is 5.03. The molecule has 228 valence electrons. The summed E-state index contributed by atoms with van der Waals surface area (Å²) in [5.41, 5.74) is 1.19. The third-order valence-corrected chi connectivity index (χ3v) is 7.14. The summed E-state index contributed by atoms with van der Waals surface area (Å²) >= 11 is 12.9. The number of hydrogen-bond donors (Lipinski definition) is 1. The van der Waals surface area contributed by atoms with Crippen molar-refractivity contribution < 1.29 is 33.5 Å². The van der Waals surface area contributed by atoms with Crippen molar-refractivity contribution in [2.75, 3.05) is 12.0 Å². The molecule has 0 radical (unpaired) electrons. The van der Waals surface area contributed by atoms with E-state index in [0.29, 0.717) is 23.0 Å². The second-order valence-electron chi connectivity index (χ2n) is 9.60. The molecule has 4 amide bonds. The Morgan fingerprint density at radius 1 is 0.844 bits per heavy atom. The maximum absolute atomic E-state index is 13.2. The van der Waals surface area contributed by atoms with Crippen LogP contribution in [-0.4, -0.2) is 29.9 Å². The maximum atomic E-state index is 13.2. The second-order valence-corrected chi connectivity index (χ2v) is 10.4. The van der Waals surface area contributed by atoms with E-state index in [9.17, 15) is 24.5 Å². The lowest BCUT2D eigenvalue weighted by Gasteiger charge is -2.26. The lowest BCUT2D eigenvalue weighted by atomic mass is 10.1. The van der Waals surface area contributed by atoms with Gasteiger partial charge in [0.1, 0.15) is 18.8 Å². The van der Waals surface area contributed by atoms with E-state index in [0.717, 1.165) is 17.2 Å². The fraction of sp³-hybridized carbons (Fsp3) is 0.0938. The molecule has 1 saturated heterocycles. The number of ether oxygens (including phenoxy) is 3. The number of carbonyl (C=O) groups excluding carboxylic acids is 3. The predicted octanol–water partition coefficient (Wildman–Crippen LogP) is 6.73. The molecule has 0 bridgehead atoms. The van der Waals surface area contributed by atoms with Gasteiger partial charge in [-0.15, -0.1) is 0 Å². The highest BCUT2D eigenvalue weighted by molar-refractivity contribution is 6.40. The molecule has 0 aliphatic carbocycles. The minimum Gasteiger partial charge on any atom is -0.493 e. The number of carbonyl (C=O) groups is 3. The Bertz CT molecular complexity index is 1820. The standard InChI is InChI=1S/C32H23Cl2N3O8/c1-43-28-15-20(10-11-27(28)44-17-19-6-3-2-4-7-19)18-45-29-25(33)13-21(14-26(29)34)12-24-30(38)35-32(40)36(31(24)39)22-8-5-9-23(16-22)37(41)42/h2-16H,17-18H2,1H3,(H,35,38,40)/b24-12-. The van der Waals surface area contributed by atoms with Crippen molar-refractivity contribution in [2.24, 2.45) is 0 Å². The summed E-state index contributed by atoms with van der Waals surface area (Å²) in [5.74, 6) is -0.701. The quantitative estimate of drug-likeness (QED) is 0.0865. The van der Waals surface area contributed by atoms with Crippen LogP contribution in [0.5, 0.6) is 17.2 Å². The highest BCUT2D eigenvalue weighted by atomic mass is 35.5. The number of rotatable bonds is 10. The monoisotopic (exact) mass is 647 g/mol. The summed E-state index contributed by atoms with van der Waals surface area (Å²) in [6.07, 6.45) is 1.20. The number of methoxy groups -OCH3 is 1. The Kier molecular flexibility index (Phi) is 9.31. The molecule has 13 heteroatoms. The fourth-order valence-electron chi connectivity index (χ4n) is 4.42. The van der Waals surface area contributed by atoms with E-state index < -0.39 is 28.3 Å². The number of nitrogens with one attached hydrogen (secondary N) is 1. The number of barbiturate groups is 1. The number of anilines is 1. The molecule has 1 heterocycles. The van der Waals surface area contributed by atoms with Crippen LogP contribution < -0.4 is 24.4 Å². The lowest BCUT2D eigenvalue weighted by Crippen LogP contribution is -2.54. The zero-order valence-electron chi connectivity index (χ0n) is 23.5. The van der Waals surface area contributed by atoms with Gasteiger partial charge in [-0.3, -0.25) is 25.0 Å². The van der Waals surface area contributed by atoms with Crippen LogP contribution in [0.1, 0.15) is 16.7 Å². The zero-order valence-corrected chi connectivity index (χ0v) is 25.0. The number of nitrogens with zero attached hydrogens (tertiary/aromatic N) is 2. The molecule has 1 N–H and O–H groups in total. The third-order valence-electron chi connectivity index (χ3n) is 6.58. The smallest absolute Gasteiger partial charge is 0.335 e. The number of halogens is 2. The van der Waals surface area contributed by atoms with Gasteiger partial charge < -0.3 is 14.2 Å². The van der Waals surface area contributed by atoms with Crippen LogP contribution in [0.15, 0.2) is 90.5 Å². The molecule has 0 saturated carbocycles. The first-order valence-corrected chi connectivity index (χ1v) is 14.0. The van der Waals surface area contributed by atoms with Gasteiger partial charge in [0.25, 0.3) is 17.5 Å². The molecule has 5 rings (SSSR count). The number of amides is 4. The minimum atomic E-state index is -1.05. The van der Waals surface area contributed by atoms with Gasteiger partial charge in [-0.2, -0.15) is 0 Å². The second kappa shape index (κ2) is 13.5. The molecule has 0 aromatic heterocycles. The van der Waals surface area contributed by atoms with Crippen LogP contribution in [0.25, 0.3) is 6.08 Å². The average Bonchev–Trinajstić information content (AvgIpc) is 3.02. The largest absolute Gasteiger partial charge is 0.493 e. The molecular weight excluding hydrogens is 625 g/mol. The summed E-state index contributed by atoms with van der Waals surface area (Å²) in [5, 5.41) is 13.4. The van der Waals surface area contributed by atoms with Gasteiger partial charge in [0, 0.05) is 12.1 Å². The Morgan fingerprint density at radius 2 is 1.56 bits per heavy atom. The van der Waals surface area contributed by atoms with Gasteiger partial charge in [0.2, 0.25) is 0 Å². The highest BCUT2D eigenvalue weighted by Crippen LogP contribution is 2.37. The minimum absolute atomic E-state index is 0.0797. The predicted molar refractivity (Wildman–Crippen MR) is 167 cm³/mol. The van der Waals surface area contributed by atoms with E-state index in [4.69, 9.17) is 37.4 Å². The van der Waals surface area contributed by atoms with E-state index in [1.165, 1.54) is 43.5 Å². The molecule has 1 aliphatic heterocycles. The number of nitro groups is 1. The van der Waals surface area contributed by atoms with Crippen molar-refractivity contribution in [3.8, 4) is 17.2 Å². The summed E-state index contributed by atoms with van der Waals surface area (Å²) < 4.78 is 17.3. The van der Waals surface area contributed by atoms with Gasteiger partial charge >= 0.3 is 6.03 Å². The molecule has 1 fully saturated rings. The molecule has 11 nitrogen and oxygen atoms in total. The van der Waals surface area contributed by atoms with Crippen molar-refractivity contribution in [2.45, 2.75) is 13.2 Å². The molecule has 4 aromatic carbocycles. The third kappa shape index (κ3) is 7.06. The van der Waals surface area contributed by atoms with E-state index in [-0.39, 0.29) is 39.3 Å². The lowest BCUT2D eigenvalue weighted by molar-refractivity contribution is -0.384. The van der Waals surface area contributed by atoms with Crippen molar-refractivity contribution in [1.29, 1.82) is 0 Å². The first-order valence-electron chi connectivity index (χ1n) is 13.3. The SMILES string of the molecule is COc1cc(COc2c(Cl)cc(/C=C3/C(=O)NC(=O)N(c4cccc([N+](=O)[O-])c4)C3=O)cc2Cl)ccc1OCc1ccccc1. The zero-order chi connectivity index (χ0) is 32.1. The molecule has 0 unspecified atom stereocenters. The summed E-state index contributed by atoms with van der Waals surface area (Å²) in [6, 6.07) is 21.8. The molecule has 4 aromatic rings. The molecule has 1 aliphatic rings. The van der Waals surface area contributed by atoms with Gasteiger partial charge in [0.05, 0.1) is 27.8 Å². The molecule has 45 heavy (non-hydrogen) atoms. The molecular formula is C32H23Cl2N3O8. The van der Waals surface area contributed by atoms with Crippen molar-refractivity contribution in [3.63, 3.8) is 0 Å². The van der Waals surface area contributed by atoms with Crippen molar-refractivity contribution >= 4 is 58.5 Å².